The quantitative estimate of drug-likeness (QED) is 0.654. The molecule has 16 heavy (non-hydrogen) atoms. The highest BCUT2D eigenvalue weighted by molar-refractivity contribution is 4.90. The topological polar surface area (TPSA) is 38.5 Å². The van der Waals surface area contributed by atoms with Crippen molar-refractivity contribution < 1.29 is 4.74 Å². The maximum Gasteiger partial charge on any atom is 0.0589 e. The predicted octanol–water partition coefficient (Wildman–Crippen LogP) is 1.86. The summed E-state index contributed by atoms with van der Waals surface area (Å²) in [6, 6.07) is 1.32. The Bertz CT molecular complexity index is 183. The third kappa shape index (κ3) is 4.04. The molecule has 0 aromatic rings. The number of methoxy groups -OCH3 is 1. The third-order valence-corrected chi connectivity index (χ3v) is 3.64. The van der Waals surface area contributed by atoms with Gasteiger partial charge in [0.15, 0.2) is 0 Å². The molecule has 3 nitrogen and oxygen atoms in total. The Labute approximate surface area is 100 Å². The fourth-order valence-electron chi connectivity index (χ4n) is 2.56. The number of ether oxygens (including phenoxy) is 1. The molecular weight excluding hydrogens is 200 g/mol. The second-order valence-electron chi connectivity index (χ2n) is 5.03. The van der Waals surface area contributed by atoms with Gasteiger partial charge in [-0.05, 0) is 25.2 Å². The lowest BCUT2D eigenvalue weighted by Gasteiger charge is -2.35. The molecule has 1 rings (SSSR count). The molecule has 0 bridgehead atoms. The van der Waals surface area contributed by atoms with Gasteiger partial charge >= 0.3 is 0 Å². The van der Waals surface area contributed by atoms with Crippen molar-refractivity contribution in [3.63, 3.8) is 0 Å². The first kappa shape index (κ1) is 13.9. The molecule has 2 atom stereocenters. The summed E-state index contributed by atoms with van der Waals surface area (Å²) in [5.41, 5.74) is 5.96. The Morgan fingerprint density at radius 3 is 2.56 bits per heavy atom. The van der Waals surface area contributed by atoms with Crippen LogP contribution in [0.5, 0.6) is 0 Å². The van der Waals surface area contributed by atoms with Crippen molar-refractivity contribution in [2.75, 3.05) is 26.8 Å². The molecule has 2 N–H and O–H groups in total. The van der Waals surface area contributed by atoms with Crippen LogP contribution in [0.2, 0.25) is 0 Å². The lowest BCUT2D eigenvalue weighted by Crippen LogP contribution is -2.47. The molecule has 1 saturated carbocycles. The summed E-state index contributed by atoms with van der Waals surface area (Å²) in [6.45, 7) is 7.23. The minimum atomic E-state index is 0.544. The number of rotatable bonds is 9. The van der Waals surface area contributed by atoms with Gasteiger partial charge in [-0.1, -0.05) is 20.3 Å². The average Bonchev–Trinajstić information content (AvgIpc) is 3.08. The lowest BCUT2D eigenvalue weighted by molar-refractivity contribution is 0.0910. The van der Waals surface area contributed by atoms with Gasteiger partial charge in [-0.25, -0.2) is 0 Å². The van der Waals surface area contributed by atoms with E-state index >= 15 is 0 Å². The first-order valence-corrected chi connectivity index (χ1v) is 6.69. The zero-order chi connectivity index (χ0) is 12.0. The van der Waals surface area contributed by atoms with Gasteiger partial charge in [-0.2, -0.15) is 0 Å². The zero-order valence-electron chi connectivity index (χ0n) is 11.1. The van der Waals surface area contributed by atoms with E-state index in [1.165, 1.54) is 25.7 Å². The molecule has 1 fully saturated rings. The molecule has 0 saturated heterocycles. The molecule has 0 aromatic carbocycles. The number of hydrogen-bond donors (Lipinski definition) is 1. The minimum Gasteiger partial charge on any atom is -0.383 e. The van der Waals surface area contributed by atoms with E-state index in [0.29, 0.717) is 12.0 Å². The van der Waals surface area contributed by atoms with Gasteiger partial charge in [0.2, 0.25) is 0 Å². The van der Waals surface area contributed by atoms with E-state index in [-0.39, 0.29) is 0 Å². The minimum absolute atomic E-state index is 0.544. The summed E-state index contributed by atoms with van der Waals surface area (Å²) >= 11 is 0. The van der Waals surface area contributed by atoms with Crippen LogP contribution in [0.1, 0.15) is 39.5 Å². The lowest BCUT2D eigenvalue weighted by atomic mass is 9.95. The Morgan fingerprint density at radius 1 is 1.44 bits per heavy atom. The molecule has 3 heteroatoms. The predicted molar refractivity (Wildman–Crippen MR) is 68.5 cm³/mol. The van der Waals surface area contributed by atoms with E-state index in [4.69, 9.17) is 10.5 Å². The van der Waals surface area contributed by atoms with E-state index in [1.54, 1.807) is 7.11 Å². The van der Waals surface area contributed by atoms with Gasteiger partial charge in [0, 0.05) is 32.3 Å². The van der Waals surface area contributed by atoms with E-state index in [1.807, 2.05) is 0 Å². The summed E-state index contributed by atoms with van der Waals surface area (Å²) < 4.78 is 5.20. The molecule has 0 radical (unpaired) electrons. The normalized spacial score (nSPS) is 20.1. The Balaban J connectivity index is 2.50. The molecule has 96 valence electrons. The van der Waals surface area contributed by atoms with Crippen LogP contribution in [0.4, 0.5) is 0 Å². The molecule has 2 unspecified atom stereocenters. The molecule has 0 amide bonds. The Morgan fingerprint density at radius 2 is 2.12 bits per heavy atom. The van der Waals surface area contributed by atoms with Crippen LogP contribution in [-0.2, 0) is 4.74 Å². The molecule has 0 spiro atoms. The van der Waals surface area contributed by atoms with E-state index in [0.717, 1.165) is 25.7 Å². The van der Waals surface area contributed by atoms with E-state index in [2.05, 4.69) is 18.7 Å². The second-order valence-corrected chi connectivity index (χ2v) is 5.03. The second kappa shape index (κ2) is 7.25. The van der Waals surface area contributed by atoms with Gasteiger partial charge in [0.05, 0.1) is 6.61 Å². The van der Waals surface area contributed by atoms with Crippen LogP contribution in [0.25, 0.3) is 0 Å². The third-order valence-electron chi connectivity index (χ3n) is 3.64. The standard InChI is InChI=1S/C13H28N2O/c1-4-5-11(2)13(10-14)15(8-9-16-3)12-6-7-12/h11-13H,4-10,14H2,1-3H3. The summed E-state index contributed by atoms with van der Waals surface area (Å²) in [4.78, 5) is 2.59. The molecular formula is C13H28N2O. The maximum atomic E-state index is 5.96. The van der Waals surface area contributed by atoms with Crippen molar-refractivity contribution in [3.05, 3.63) is 0 Å². The number of nitrogens with two attached hydrogens (primary N) is 1. The highest BCUT2D eigenvalue weighted by atomic mass is 16.5. The van der Waals surface area contributed by atoms with Gasteiger partial charge in [0.25, 0.3) is 0 Å². The van der Waals surface area contributed by atoms with Gasteiger partial charge in [0.1, 0.15) is 0 Å². The smallest absolute Gasteiger partial charge is 0.0589 e. The van der Waals surface area contributed by atoms with Gasteiger partial charge in [-0.15, -0.1) is 0 Å². The average molecular weight is 228 g/mol. The molecule has 0 aromatic heterocycles. The first-order chi connectivity index (χ1) is 7.74. The largest absolute Gasteiger partial charge is 0.383 e. The van der Waals surface area contributed by atoms with Crippen LogP contribution in [0, 0.1) is 5.92 Å². The molecule has 0 heterocycles. The Kier molecular flexibility index (Phi) is 6.32. The van der Waals surface area contributed by atoms with Gasteiger partial charge < -0.3 is 10.5 Å². The highest BCUT2D eigenvalue weighted by Gasteiger charge is 2.34. The van der Waals surface area contributed by atoms with Crippen molar-refractivity contribution in [1.82, 2.24) is 4.90 Å². The van der Waals surface area contributed by atoms with Crippen LogP contribution < -0.4 is 5.73 Å². The first-order valence-electron chi connectivity index (χ1n) is 6.69. The van der Waals surface area contributed by atoms with Crippen LogP contribution >= 0.6 is 0 Å². The van der Waals surface area contributed by atoms with Crippen molar-refractivity contribution in [2.45, 2.75) is 51.6 Å². The Hall–Kier alpha value is -0.120. The van der Waals surface area contributed by atoms with Gasteiger partial charge in [-0.3, -0.25) is 4.90 Å². The van der Waals surface area contributed by atoms with Crippen molar-refractivity contribution in [1.29, 1.82) is 0 Å². The highest BCUT2D eigenvalue weighted by Crippen LogP contribution is 2.31. The van der Waals surface area contributed by atoms with E-state index < -0.39 is 0 Å². The molecule has 0 aliphatic heterocycles. The van der Waals surface area contributed by atoms with Crippen LogP contribution in [0.15, 0.2) is 0 Å². The molecule has 1 aliphatic carbocycles. The number of hydrogen-bond acceptors (Lipinski definition) is 3. The maximum absolute atomic E-state index is 5.96. The fourth-order valence-corrected chi connectivity index (χ4v) is 2.56. The molecule has 1 aliphatic rings. The monoisotopic (exact) mass is 228 g/mol. The van der Waals surface area contributed by atoms with Crippen molar-refractivity contribution in [3.8, 4) is 0 Å². The summed E-state index contributed by atoms with van der Waals surface area (Å²) in [7, 11) is 1.78. The number of nitrogens with zero attached hydrogens (tertiary/aromatic N) is 1. The van der Waals surface area contributed by atoms with Crippen molar-refractivity contribution in [2.24, 2.45) is 11.7 Å². The van der Waals surface area contributed by atoms with Crippen LogP contribution in [0.3, 0.4) is 0 Å². The SMILES string of the molecule is CCCC(C)C(CN)N(CCOC)C1CC1. The van der Waals surface area contributed by atoms with Crippen LogP contribution in [-0.4, -0.2) is 43.8 Å². The zero-order valence-corrected chi connectivity index (χ0v) is 11.1. The fraction of sp³-hybridized carbons (Fsp3) is 1.00. The van der Waals surface area contributed by atoms with E-state index in [9.17, 15) is 0 Å². The summed E-state index contributed by atoms with van der Waals surface area (Å²) in [5.74, 6) is 0.701. The van der Waals surface area contributed by atoms with Crippen molar-refractivity contribution >= 4 is 0 Å². The summed E-state index contributed by atoms with van der Waals surface area (Å²) in [5, 5.41) is 0. The summed E-state index contributed by atoms with van der Waals surface area (Å²) in [6.07, 6.45) is 5.22.